The molecule has 1 aromatic heterocycles. The Morgan fingerprint density at radius 3 is 2.94 bits per heavy atom. The predicted octanol–water partition coefficient (Wildman–Crippen LogP) is 3.55. The van der Waals surface area contributed by atoms with Gasteiger partial charge in [-0.2, -0.15) is 0 Å². The van der Waals surface area contributed by atoms with E-state index < -0.39 is 0 Å². The number of carbonyl (C=O) groups excluding carboxylic acids is 1. The Morgan fingerprint density at radius 1 is 1.62 bits per heavy atom. The molecule has 0 aromatic carbocycles. The number of halogens is 1. The SMILES string of the molecule is CC[C@@H](C)NC(=O)CSCc1ccc(Cl)s1. The van der Waals surface area contributed by atoms with Gasteiger partial charge in [-0.1, -0.05) is 18.5 Å². The van der Waals surface area contributed by atoms with Crippen molar-refractivity contribution >= 4 is 40.6 Å². The van der Waals surface area contributed by atoms with Crippen LogP contribution in [0.3, 0.4) is 0 Å². The molecule has 0 unspecified atom stereocenters. The van der Waals surface area contributed by atoms with Crippen LogP contribution in [0.2, 0.25) is 4.34 Å². The first kappa shape index (κ1) is 13.9. The maximum absolute atomic E-state index is 11.5. The largest absolute Gasteiger partial charge is 0.353 e. The van der Waals surface area contributed by atoms with Crippen LogP contribution in [0.25, 0.3) is 0 Å². The zero-order chi connectivity index (χ0) is 12.0. The van der Waals surface area contributed by atoms with Gasteiger partial charge in [0.05, 0.1) is 10.1 Å². The van der Waals surface area contributed by atoms with Crippen molar-refractivity contribution in [3.05, 3.63) is 21.3 Å². The molecule has 90 valence electrons. The zero-order valence-corrected chi connectivity index (χ0v) is 11.8. The molecule has 2 nitrogen and oxygen atoms in total. The van der Waals surface area contributed by atoms with Crippen molar-refractivity contribution in [3.8, 4) is 0 Å². The highest BCUT2D eigenvalue weighted by atomic mass is 35.5. The average molecular weight is 278 g/mol. The third-order valence-electron chi connectivity index (χ3n) is 2.13. The number of hydrogen-bond donors (Lipinski definition) is 1. The summed E-state index contributed by atoms with van der Waals surface area (Å²) in [4.78, 5) is 12.7. The van der Waals surface area contributed by atoms with Crippen LogP contribution in [0.5, 0.6) is 0 Å². The van der Waals surface area contributed by atoms with Gasteiger partial charge in [0.25, 0.3) is 0 Å². The van der Waals surface area contributed by atoms with Crippen molar-refractivity contribution in [1.29, 1.82) is 0 Å². The van der Waals surface area contributed by atoms with Crippen LogP contribution in [0, 0.1) is 0 Å². The van der Waals surface area contributed by atoms with Crippen molar-refractivity contribution in [3.63, 3.8) is 0 Å². The fourth-order valence-electron chi connectivity index (χ4n) is 1.09. The topological polar surface area (TPSA) is 29.1 Å². The predicted molar refractivity (Wildman–Crippen MR) is 73.4 cm³/mol. The number of hydrogen-bond acceptors (Lipinski definition) is 3. The lowest BCUT2D eigenvalue weighted by atomic mass is 10.3. The van der Waals surface area contributed by atoms with Crippen molar-refractivity contribution < 1.29 is 4.79 Å². The first-order valence-corrected chi connectivity index (χ1v) is 7.58. The molecule has 0 saturated heterocycles. The molecule has 0 spiro atoms. The first-order chi connectivity index (χ1) is 7.61. The fraction of sp³-hybridized carbons (Fsp3) is 0.545. The van der Waals surface area contributed by atoms with E-state index in [0.717, 1.165) is 16.5 Å². The van der Waals surface area contributed by atoms with Crippen LogP contribution in [0.4, 0.5) is 0 Å². The number of amides is 1. The average Bonchev–Trinajstić information content (AvgIpc) is 2.64. The Balaban J connectivity index is 2.18. The van der Waals surface area contributed by atoms with E-state index in [4.69, 9.17) is 11.6 Å². The normalized spacial score (nSPS) is 12.4. The van der Waals surface area contributed by atoms with E-state index in [-0.39, 0.29) is 11.9 Å². The van der Waals surface area contributed by atoms with Gasteiger partial charge in [0, 0.05) is 16.7 Å². The molecular weight excluding hydrogens is 262 g/mol. The molecular formula is C11H16ClNOS2. The van der Waals surface area contributed by atoms with Gasteiger partial charge in [0.2, 0.25) is 5.91 Å². The van der Waals surface area contributed by atoms with Gasteiger partial charge in [0.15, 0.2) is 0 Å². The third kappa shape index (κ3) is 5.23. The van der Waals surface area contributed by atoms with Crippen LogP contribution in [-0.2, 0) is 10.5 Å². The molecule has 0 saturated carbocycles. The van der Waals surface area contributed by atoms with Crippen LogP contribution >= 0.6 is 34.7 Å². The van der Waals surface area contributed by atoms with Crippen molar-refractivity contribution in [1.82, 2.24) is 5.32 Å². The Labute approximate surface area is 110 Å². The quantitative estimate of drug-likeness (QED) is 0.862. The van der Waals surface area contributed by atoms with Gasteiger partial charge < -0.3 is 5.32 Å². The van der Waals surface area contributed by atoms with Gasteiger partial charge in [0.1, 0.15) is 0 Å². The van der Waals surface area contributed by atoms with E-state index >= 15 is 0 Å². The van der Waals surface area contributed by atoms with Crippen LogP contribution in [0.1, 0.15) is 25.1 Å². The van der Waals surface area contributed by atoms with Gasteiger partial charge >= 0.3 is 0 Å². The zero-order valence-electron chi connectivity index (χ0n) is 9.46. The highest BCUT2D eigenvalue weighted by molar-refractivity contribution is 7.99. The van der Waals surface area contributed by atoms with E-state index in [2.05, 4.69) is 12.2 Å². The van der Waals surface area contributed by atoms with Crippen molar-refractivity contribution in [2.24, 2.45) is 0 Å². The molecule has 1 heterocycles. The Bertz CT molecular complexity index is 340. The number of carbonyl (C=O) groups is 1. The van der Waals surface area contributed by atoms with E-state index in [0.29, 0.717) is 5.75 Å². The summed E-state index contributed by atoms with van der Waals surface area (Å²) >= 11 is 9.01. The summed E-state index contributed by atoms with van der Waals surface area (Å²) in [7, 11) is 0. The minimum atomic E-state index is 0.113. The summed E-state index contributed by atoms with van der Waals surface area (Å²) < 4.78 is 0.805. The second-order valence-electron chi connectivity index (χ2n) is 3.58. The van der Waals surface area contributed by atoms with E-state index in [9.17, 15) is 4.79 Å². The summed E-state index contributed by atoms with van der Waals surface area (Å²) in [5.74, 6) is 1.48. The molecule has 1 aromatic rings. The molecule has 1 N–H and O–H groups in total. The maximum atomic E-state index is 11.5. The lowest BCUT2D eigenvalue weighted by Gasteiger charge is -2.10. The summed E-state index contributed by atoms with van der Waals surface area (Å²) in [5, 5.41) is 2.94. The standard InChI is InChI=1S/C11H16ClNOS2/c1-3-8(2)13-11(14)7-15-6-9-4-5-10(12)16-9/h4-5,8H,3,6-7H2,1-2H3,(H,13,14)/t8-/m1/s1. The van der Waals surface area contributed by atoms with Gasteiger partial charge in [-0.15, -0.1) is 23.1 Å². The van der Waals surface area contributed by atoms with Crippen molar-refractivity contribution in [2.45, 2.75) is 32.1 Å². The van der Waals surface area contributed by atoms with Crippen LogP contribution < -0.4 is 5.32 Å². The molecule has 0 aliphatic carbocycles. The third-order valence-corrected chi connectivity index (χ3v) is 4.52. The Morgan fingerprint density at radius 2 is 2.38 bits per heavy atom. The smallest absolute Gasteiger partial charge is 0.230 e. The molecule has 1 atom stereocenters. The highest BCUT2D eigenvalue weighted by Crippen LogP contribution is 2.24. The number of nitrogens with one attached hydrogen (secondary N) is 1. The second-order valence-corrected chi connectivity index (χ2v) is 6.36. The molecule has 16 heavy (non-hydrogen) atoms. The Hall–Kier alpha value is -0.190. The van der Waals surface area contributed by atoms with E-state index in [1.165, 1.54) is 4.88 Å². The second kappa shape index (κ2) is 7.20. The number of thiophene rings is 1. The summed E-state index contributed by atoms with van der Waals surface area (Å²) in [6.07, 6.45) is 0.969. The van der Waals surface area contributed by atoms with E-state index in [1.54, 1.807) is 23.1 Å². The van der Waals surface area contributed by atoms with Gasteiger partial charge in [-0.25, -0.2) is 0 Å². The molecule has 0 aliphatic rings. The molecule has 0 radical (unpaired) electrons. The minimum Gasteiger partial charge on any atom is -0.353 e. The van der Waals surface area contributed by atoms with Gasteiger partial charge in [-0.3, -0.25) is 4.79 Å². The minimum absolute atomic E-state index is 0.113. The molecule has 1 rings (SSSR count). The summed E-state index contributed by atoms with van der Waals surface area (Å²) in [5.41, 5.74) is 0. The lowest BCUT2D eigenvalue weighted by Crippen LogP contribution is -2.33. The monoisotopic (exact) mass is 277 g/mol. The first-order valence-electron chi connectivity index (χ1n) is 5.23. The van der Waals surface area contributed by atoms with Crippen LogP contribution in [0.15, 0.2) is 12.1 Å². The molecule has 5 heteroatoms. The molecule has 0 fully saturated rings. The number of rotatable bonds is 6. The summed E-state index contributed by atoms with van der Waals surface area (Å²) in [6, 6.07) is 4.16. The number of thioether (sulfide) groups is 1. The van der Waals surface area contributed by atoms with Crippen LogP contribution in [-0.4, -0.2) is 17.7 Å². The fourth-order valence-corrected chi connectivity index (χ4v) is 3.13. The van der Waals surface area contributed by atoms with E-state index in [1.807, 2.05) is 19.1 Å². The molecule has 0 aliphatic heterocycles. The molecule has 0 bridgehead atoms. The van der Waals surface area contributed by atoms with Crippen molar-refractivity contribution in [2.75, 3.05) is 5.75 Å². The highest BCUT2D eigenvalue weighted by Gasteiger charge is 2.06. The molecule has 1 amide bonds. The maximum Gasteiger partial charge on any atom is 0.230 e. The lowest BCUT2D eigenvalue weighted by molar-refractivity contribution is -0.119. The summed E-state index contributed by atoms with van der Waals surface area (Å²) in [6.45, 7) is 4.08. The Kier molecular flexibility index (Phi) is 6.24. The van der Waals surface area contributed by atoms with Gasteiger partial charge in [-0.05, 0) is 25.5 Å².